The Balaban J connectivity index is 1.78. The van der Waals surface area contributed by atoms with E-state index in [0.29, 0.717) is 28.4 Å². The molecule has 6 heteroatoms. The van der Waals surface area contributed by atoms with Crippen molar-refractivity contribution in [1.29, 1.82) is 0 Å². The third-order valence-corrected chi connectivity index (χ3v) is 3.85. The van der Waals surface area contributed by atoms with E-state index in [1.54, 1.807) is 70.4 Å². The van der Waals surface area contributed by atoms with Crippen LogP contribution in [0.15, 0.2) is 48.2 Å². The number of benzene rings is 2. The smallest absolute Gasteiger partial charge is 0.344 e. The van der Waals surface area contributed by atoms with Gasteiger partial charge in [0.25, 0.3) is 0 Å². The molecule has 0 saturated carbocycles. The highest BCUT2D eigenvalue weighted by atomic mass is 16.6. The molecule has 0 spiro atoms. The lowest BCUT2D eigenvalue weighted by Gasteiger charge is -2.19. The van der Waals surface area contributed by atoms with Crippen LogP contribution in [0.2, 0.25) is 0 Å². The van der Waals surface area contributed by atoms with Crippen molar-refractivity contribution in [2.75, 3.05) is 13.7 Å². The highest BCUT2D eigenvalue weighted by molar-refractivity contribution is 6.14. The zero-order valence-electron chi connectivity index (χ0n) is 16.3. The monoisotopic (exact) mass is 382 g/mol. The third kappa shape index (κ3) is 4.52. The van der Waals surface area contributed by atoms with Crippen molar-refractivity contribution in [2.45, 2.75) is 26.4 Å². The van der Waals surface area contributed by atoms with E-state index in [0.717, 1.165) is 0 Å². The molecule has 3 rings (SSSR count). The number of ketones is 1. The minimum absolute atomic E-state index is 0.177. The van der Waals surface area contributed by atoms with Crippen LogP contribution in [-0.2, 0) is 9.53 Å². The molecule has 0 fully saturated rings. The Bertz CT molecular complexity index is 936. The van der Waals surface area contributed by atoms with E-state index < -0.39 is 11.6 Å². The Hall–Kier alpha value is -3.28. The lowest BCUT2D eigenvalue weighted by molar-refractivity contribution is -0.157. The number of hydrogen-bond donors (Lipinski definition) is 0. The number of para-hydroxylation sites is 1. The summed E-state index contributed by atoms with van der Waals surface area (Å²) in [5, 5.41) is 0. The molecule has 0 aromatic heterocycles. The normalized spacial score (nSPS) is 14.4. The van der Waals surface area contributed by atoms with Crippen molar-refractivity contribution >= 4 is 17.8 Å². The van der Waals surface area contributed by atoms with E-state index in [9.17, 15) is 9.59 Å². The van der Waals surface area contributed by atoms with Crippen LogP contribution >= 0.6 is 0 Å². The SMILES string of the molecule is COc1ccc2c(c1)O/C(=C\c1ccccc1OCC(=O)OC(C)(C)C)C2=O. The Morgan fingerprint density at radius 3 is 2.61 bits per heavy atom. The maximum atomic E-state index is 12.6. The van der Waals surface area contributed by atoms with Crippen LogP contribution in [0.1, 0.15) is 36.7 Å². The maximum Gasteiger partial charge on any atom is 0.344 e. The molecule has 1 aliphatic rings. The third-order valence-electron chi connectivity index (χ3n) is 3.85. The lowest BCUT2D eigenvalue weighted by atomic mass is 10.1. The Morgan fingerprint density at radius 1 is 1.14 bits per heavy atom. The van der Waals surface area contributed by atoms with Crippen molar-refractivity contribution in [3.8, 4) is 17.2 Å². The molecule has 2 aromatic carbocycles. The average molecular weight is 382 g/mol. The van der Waals surface area contributed by atoms with Gasteiger partial charge in [-0.3, -0.25) is 4.79 Å². The van der Waals surface area contributed by atoms with Crippen LogP contribution < -0.4 is 14.2 Å². The molecule has 0 radical (unpaired) electrons. The predicted octanol–water partition coefficient (Wildman–Crippen LogP) is 4.03. The summed E-state index contributed by atoms with van der Waals surface area (Å²) in [4.78, 5) is 24.5. The van der Waals surface area contributed by atoms with Gasteiger partial charge in [0.15, 0.2) is 12.4 Å². The topological polar surface area (TPSA) is 71.1 Å². The summed E-state index contributed by atoms with van der Waals surface area (Å²) in [7, 11) is 1.55. The molecule has 0 aliphatic carbocycles. The fraction of sp³-hybridized carbons (Fsp3) is 0.273. The lowest BCUT2D eigenvalue weighted by Crippen LogP contribution is -2.27. The first-order chi connectivity index (χ1) is 13.3. The Labute approximate surface area is 163 Å². The van der Waals surface area contributed by atoms with Gasteiger partial charge in [0.2, 0.25) is 5.78 Å². The average Bonchev–Trinajstić information content (AvgIpc) is 2.94. The van der Waals surface area contributed by atoms with Crippen molar-refractivity contribution in [1.82, 2.24) is 0 Å². The first kappa shape index (κ1) is 19.5. The molecule has 0 unspecified atom stereocenters. The van der Waals surface area contributed by atoms with Crippen molar-refractivity contribution < 1.29 is 28.5 Å². The number of fused-ring (bicyclic) bond motifs is 1. The summed E-state index contributed by atoms with van der Waals surface area (Å²) in [6.07, 6.45) is 1.60. The highest BCUT2D eigenvalue weighted by Crippen LogP contribution is 2.35. The molecular formula is C22H22O6. The first-order valence-electron chi connectivity index (χ1n) is 8.83. The Kier molecular flexibility index (Phi) is 5.40. The molecular weight excluding hydrogens is 360 g/mol. The summed E-state index contributed by atoms with van der Waals surface area (Å²) in [5.74, 6) is 0.987. The maximum absolute atomic E-state index is 12.6. The number of allylic oxidation sites excluding steroid dienone is 1. The van der Waals surface area contributed by atoms with Crippen LogP contribution in [0.3, 0.4) is 0 Å². The Morgan fingerprint density at radius 2 is 1.89 bits per heavy atom. The quantitative estimate of drug-likeness (QED) is 0.574. The van der Waals surface area contributed by atoms with Crippen LogP contribution in [0.4, 0.5) is 0 Å². The molecule has 0 bridgehead atoms. The molecule has 1 aliphatic heterocycles. The number of ether oxygens (including phenoxy) is 4. The molecule has 0 N–H and O–H groups in total. The van der Waals surface area contributed by atoms with Gasteiger partial charge in [-0.2, -0.15) is 0 Å². The zero-order valence-corrected chi connectivity index (χ0v) is 16.3. The van der Waals surface area contributed by atoms with E-state index in [-0.39, 0.29) is 18.1 Å². The van der Waals surface area contributed by atoms with Gasteiger partial charge in [-0.15, -0.1) is 0 Å². The van der Waals surface area contributed by atoms with Crippen molar-refractivity contribution in [3.05, 3.63) is 59.4 Å². The number of rotatable bonds is 5. The van der Waals surface area contributed by atoms with Crippen LogP contribution in [-0.4, -0.2) is 31.1 Å². The van der Waals surface area contributed by atoms with Gasteiger partial charge in [0.1, 0.15) is 22.8 Å². The minimum atomic E-state index is -0.584. The molecule has 2 aromatic rings. The number of Topliss-reactive ketones (excluding diaryl/α,β-unsaturated/α-hetero) is 1. The number of esters is 1. The van der Waals surface area contributed by atoms with Crippen molar-refractivity contribution in [3.63, 3.8) is 0 Å². The minimum Gasteiger partial charge on any atom is -0.497 e. The van der Waals surface area contributed by atoms with Crippen molar-refractivity contribution in [2.24, 2.45) is 0 Å². The summed E-state index contributed by atoms with van der Waals surface area (Å²) in [5.41, 5.74) is 0.507. The van der Waals surface area contributed by atoms with Gasteiger partial charge in [0.05, 0.1) is 12.7 Å². The predicted molar refractivity (Wildman–Crippen MR) is 104 cm³/mol. The molecule has 28 heavy (non-hydrogen) atoms. The van der Waals surface area contributed by atoms with E-state index in [2.05, 4.69) is 0 Å². The van der Waals surface area contributed by atoms with Gasteiger partial charge in [-0.25, -0.2) is 4.79 Å². The summed E-state index contributed by atoms with van der Waals surface area (Å²) < 4.78 is 21.7. The summed E-state index contributed by atoms with van der Waals surface area (Å²) in [6, 6.07) is 12.1. The van der Waals surface area contributed by atoms with E-state index in [1.165, 1.54) is 0 Å². The van der Waals surface area contributed by atoms with Crippen LogP contribution in [0, 0.1) is 0 Å². The molecule has 1 heterocycles. The fourth-order valence-corrected chi connectivity index (χ4v) is 2.67. The molecule has 146 valence electrons. The molecule has 6 nitrogen and oxygen atoms in total. The largest absolute Gasteiger partial charge is 0.497 e. The molecule has 0 atom stereocenters. The number of hydrogen-bond acceptors (Lipinski definition) is 6. The summed E-state index contributed by atoms with van der Waals surface area (Å²) in [6.45, 7) is 5.14. The van der Waals surface area contributed by atoms with Gasteiger partial charge < -0.3 is 18.9 Å². The van der Waals surface area contributed by atoms with E-state index in [4.69, 9.17) is 18.9 Å². The number of methoxy groups -OCH3 is 1. The van der Waals surface area contributed by atoms with Gasteiger partial charge in [-0.1, -0.05) is 18.2 Å². The standard InChI is InChI=1S/C22H22O6/c1-22(2,3)28-20(23)13-26-17-8-6-5-7-14(17)11-19-21(24)16-10-9-15(25-4)12-18(16)27-19/h5-12H,13H2,1-4H3/b19-11-. The van der Waals surface area contributed by atoms with Gasteiger partial charge in [-0.05, 0) is 45.0 Å². The first-order valence-corrected chi connectivity index (χ1v) is 8.83. The van der Waals surface area contributed by atoms with Crippen LogP contribution in [0.5, 0.6) is 17.2 Å². The number of carbonyl (C=O) groups is 2. The second-order valence-electron chi connectivity index (χ2n) is 7.21. The second-order valence-corrected chi connectivity index (χ2v) is 7.21. The van der Waals surface area contributed by atoms with Gasteiger partial charge >= 0.3 is 5.97 Å². The van der Waals surface area contributed by atoms with Crippen LogP contribution in [0.25, 0.3) is 6.08 Å². The number of carbonyl (C=O) groups excluding carboxylic acids is 2. The zero-order chi connectivity index (χ0) is 20.3. The van der Waals surface area contributed by atoms with Gasteiger partial charge in [0, 0.05) is 11.6 Å². The second kappa shape index (κ2) is 7.76. The fourth-order valence-electron chi connectivity index (χ4n) is 2.67. The van der Waals surface area contributed by atoms with E-state index in [1.807, 2.05) is 6.07 Å². The van der Waals surface area contributed by atoms with E-state index >= 15 is 0 Å². The summed E-state index contributed by atoms with van der Waals surface area (Å²) >= 11 is 0. The molecule has 0 saturated heterocycles. The molecule has 0 amide bonds. The highest BCUT2D eigenvalue weighted by Gasteiger charge is 2.28.